The molecule has 1 rings (SSSR count). The van der Waals surface area contributed by atoms with Crippen LogP contribution in [0.25, 0.3) is 0 Å². The molecule has 0 heterocycles. The third-order valence-electron chi connectivity index (χ3n) is 5.83. The van der Waals surface area contributed by atoms with E-state index in [1.807, 2.05) is 5.66 Å². The molecular weight excluding hydrogens is 374 g/mol. The van der Waals surface area contributed by atoms with Crippen LogP contribution in [0.1, 0.15) is 86.5 Å². The molecule has 0 aromatic heterocycles. The first kappa shape index (κ1) is 31.3. The first-order valence-electron chi connectivity index (χ1n) is 9.78. The van der Waals surface area contributed by atoms with Gasteiger partial charge >= 0.3 is 21.7 Å². The van der Waals surface area contributed by atoms with Gasteiger partial charge in [0.05, 0.1) is 0 Å². The molecule has 1 fully saturated rings. The van der Waals surface area contributed by atoms with Gasteiger partial charge in [0.1, 0.15) is 0 Å². The predicted octanol–water partition coefficient (Wildman–Crippen LogP) is 8.22. The summed E-state index contributed by atoms with van der Waals surface area (Å²) < 4.78 is 0. The molecule has 0 amide bonds. The molecule has 0 aromatic carbocycles. The summed E-state index contributed by atoms with van der Waals surface area (Å²) in [4.78, 5) is 0. The summed E-state index contributed by atoms with van der Waals surface area (Å²) in [5, 5.41) is 0. The molecule has 3 heteroatoms. The first-order valence-corrected chi connectivity index (χ1v) is 12.3. The maximum absolute atomic E-state index is 2.49. The minimum atomic E-state index is 0. The Kier molecular flexibility index (Phi) is 20.7. The molecule has 1 radical (unpaired) electrons. The van der Waals surface area contributed by atoms with Crippen molar-refractivity contribution in [3.05, 3.63) is 20.5 Å². The van der Waals surface area contributed by atoms with Crippen LogP contribution in [0.3, 0.4) is 0 Å². The van der Waals surface area contributed by atoms with E-state index in [1.165, 1.54) is 65.9 Å². The summed E-state index contributed by atoms with van der Waals surface area (Å²) in [6.07, 6.45) is 13.0. The van der Waals surface area contributed by atoms with Crippen molar-refractivity contribution in [2.75, 3.05) is 12.3 Å². The molecule has 1 saturated carbocycles. The van der Waals surface area contributed by atoms with Crippen molar-refractivity contribution in [3.8, 4) is 0 Å². The third kappa shape index (κ3) is 10.1. The van der Waals surface area contributed by atoms with Crippen molar-refractivity contribution >= 4 is 17.2 Å². The maximum atomic E-state index is 2.49. The van der Waals surface area contributed by atoms with E-state index in [0.29, 0.717) is 5.41 Å². The monoisotopic (exact) mass is 421 g/mol. The molecule has 0 nitrogen and oxygen atoms in total. The summed E-state index contributed by atoms with van der Waals surface area (Å²) in [5.41, 5.74) is 3.56. The summed E-state index contributed by atoms with van der Waals surface area (Å²) in [6, 6.07) is 0. The van der Waals surface area contributed by atoms with Crippen LogP contribution in [0.2, 0.25) is 0 Å². The van der Waals surface area contributed by atoms with E-state index >= 15 is 0 Å². The normalized spacial score (nSPS) is 20.9. The van der Waals surface area contributed by atoms with Crippen molar-refractivity contribution in [2.24, 2.45) is 17.3 Å². The molecule has 1 aliphatic carbocycles. The van der Waals surface area contributed by atoms with E-state index in [-0.39, 0.29) is 36.6 Å². The fraction of sp³-hybridized carbons (Fsp3) is 0.864. The molecule has 3 atom stereocenters. The van der Waals surface area contributed by atoms with Crippen molar-refractivity contribution in [3.63, 3.8) is 0 Å². The molecule has 3 unspecified atom stereocenters. The first-order chi connectivity index (χ1) is 10.5. The van der Waals surface area contributed by atoms with Crippen LogP contribution in [0.5, 0.6) is 0 Å². The van der Waals surface area contributed by atoms with Crippen LogP contribution in [-0.4, -0.2) is 18.0 Å². The van der Waals surface area contributed by atoms with Gasteiger partial charge in [0.15, 0.2) is 0 Å². The standard InChI is InChI=1S/C20H41P2.2CH3.Ti/c1-7-9-11-21-18-13-19(22-12-10-8-2)15-20(14-18,16(3)4)17(5)6;;;/h16-18,21-22H,7-15H2,1-6H3;2*1H3;/q3*-1;+3. The molecule has 0 N–H and O–H groups in total. The van der Waals surface area contributed by atoms with Gasteiger partial charge in [0, 0.05) is 0 Å². The average molecular weight is 421 g/mol. The van der Waals surface area contributed by atoms with E-state index in [0.717, 1.165) is 26.1 Å². The van der Waals surface area contributed by atoms with Crippen LogP contribution >= 0.6 is 17.2 Å². The van der Waals surface area contributed by atoms with Crippen molar-refractivity contribution in [1.82, 2.24) is 0 Å². The van der Waals surface area contributed by atoms with Crippen LogP contribution in [0.4, 0.5) is 0 Å². The van der Waals surface area contributed by atoms with Crippen LogP contribution in [-0.2, 0) is 21.7 Å². The van der Waals surface area contributed by atoms with Gasteiger partial charge in [-0.3, -0.25) is 14.2 Å². The summed E-state index contributed by atoms with van der Waals surface area (Å²) in [5.74, 6) is 1.66. The molecule has 149 valence electrons. The zero-order chi connectivity index (χ0) is 16.6. The van der Waals surface area contributed by atoms with E-state index < -0.39 is 0 Å². The third-order valence-corrected chi connectivity index (χ3v) is 8.94. The van der Waals surface area contributed by atoms with Crippen molar-refractivity contribution in [1.29, 1.82) is 0 Å². The van der Waals surface area contributed by atoms with E-state index in [4.69, 9.17) is 0 Å². The van der Waals surface area contributed by atoms with Crippen molar-refractivity contribution in [2.45, 2.75) is 92.1 Å². The number of unbranched alkanes of at least 4 members (excludes halogenated alkanes) is 2. The molecule has 0 bridgehead atoms. The van der Waals surface area contributed by atoms with Gasteiger partial charge in [0.2, 0.25) is 0 Å². The Morgan fingerprint density at radius 1 is 0.960 bits per heavy atom. The Balaban J connectivity index is -0.00000161. The molecule has 0 spiro atoms. The SMILES string of the molecule is CCCCP[C-]1CC(PCCCC)CC(C(C)C)(C(C)C)C1.[CH3-].[CH3-].[Ti+3]. The second-order valence-corrected chi connectivity index (χ2v) is 11.3. The Morgan fingerprint density at radius 3 is 1.96 bits per heavy atom. The zero-order valence-electron chi connectivity index (χ0n) is 18.6. The quantitative estimate of drug-likeness (QED) is 0.144. The molecule has 0 saturated heterocycles. The molecule has 25 heavy (non-hydrogen) atoms. The smallest absolute Gasteiger partial charge is 0.358 e. The fourth-order valence-corrected chi connectivity index (χ4v) is 7.93. The Bertz CT molecular complexity index is 264. The number of hydrogen-bond donors (Lipinski definition) is 0. The maximum Gasteiger partial charge on any atom is 3.00 e. The number of hydrogen-bond acceptors (Lipinski definition) is 0. The Labute approximate surface area is 180 Å². The fourth-order valence-electron chi connectivity index (χ4n) is 4.12. The average Bonchev–Trinajstić information content (AvgIpc) is 2.47. The Morgan fingerprint density at radius 2 is 1.48 bits per heavy atom. The summed E-state index contributed by atoms with van der Waals surface area (Å²) >= 11 is 0. The predicted molar refractivity (Wildman–Crippen MR) is 122 cm³/mol. The summed E-state index contributed by atoms with van der Waals surface area (Å²) in [7, 11) is 2.37. The van der Waals surface area contributed by atoms with Gasteiger partial charge in [-0.25, -0.2) is 0 Å². The second kappa shape index (κ2) is 16.5. The molecule has 1 aliphatic rings. The van der Waals surface area contributed by atoms with Gasteiger partial charge in [-0.15, -0.1) is 8.58 Å². The minimum Gasteiger partial charge on any atom is -0.358 e. The van der Waals surface area contributed by atoms with Gasteiger partial charge < -0.3 is 14.9 Å². The van der Waals surface area contributed by atoms with Crippen LogP contribution in [0.15, 0.2) is 0 Å². The number of rotatable bonds is 10. The van der Waals surface area contributed by atoms with Crippen molar-refractivity contribution < 1.29 is 21.7 Å². The van der Waals surface area contributed by atoms with Gasteiger partial charge in [-0.1, -0.05) is 72.4 Å². The second-order valence-electron chi connectivity index (χ2n) is 8.02. The minimum absolute atomic E-state index is 0. The van der Waals surface area contributed by atoms with Crippen LogP contribution in [0, 0.1) is 37.8 Å². The van der Waals surface area contributed by atoms with Crippen LogP contribution < -0.4 is 0 Å². The summed E-state index contributed by atoms with van der Waals surface area (Å²) in [6.45, 7) is 14.6. The molecule has 0 aliphatic heterocycles. The van der Waals surface area contributed by atoms with E-state index in [2.05, 4.69) is 41.5 Å². The van der Waals surface area contributed by atoms with E-state index in [9.17, 15) is 0 Å². The van der Waals surface area contributed by atoms with Gasteiger partial charge in [-0.05, 0) is 36.5 Å². The Hall–Kier alpha value is 1.57. The largest absolute Gasteiger partial charge is 3.00 e. The van der Waals surface area contributed by atoms with Gasteiger partial charge in [-0.2, -0.15) is 12.8 Å². The topological polar surface area (TPSA) is 0 Å². The van der Waals surface area contributed by atoms with E-state index in [1.54, 1.807) is 0 Å². The molecule has 0 aromatic rings. The zero-order valence-corrected chi connectivity index (χ0v) is 22.2. The van der Waals surface area contributed by atoms with Gasteiger partial charge in [0.25, 0.3) is 0 Å². The molecular formula is C22H47P2Ti.